The highest BCUT2D eigenvalue weighted by Gasteiger charge is 2.40. The second-order valence-electron chi connectivity index (χ2n) is 4.40. The van der Waals surface area contributed by atoms with E-state index in [2.05, 4.69) is 31.0 Å². The smallest absolute Gasteiger partial charge is 0.0270 e. The lowest BCUT2D eigenvalue weighted by Gasteiger charge is -2.46. The molecule has 0 radical (unpaired) electrons. The molecule has 1 saturated carbocycles. The molecule has 1 aromatic heterocycles. The van der Waals surface area contributed by atoms with Gasteiger partial charge in [-0.25, -0.2) is 0 Å². The van der Waals surface area contributed by atoms with Gasteiger partial charge in [0, 0.05) is 12.4 Å². The van der Waals surface area contributed by atoms with Crippen molar-refractivity contribution in [2.24, 2.45) is 5.92 Å². The summed E-state index contributed by atoms with van der Waals surface area (Å²) in [5.74, 6) is 0.753. The first-order chi connectivity index (χ1) is 6.26. The van der Waals surface area contributed by atoms with Crippen LogP contribution in [0.4, 0.5) is 0 Å². The van der Waals surface area contributed by atoms with Gasteiger partial charge in [-0.3, -0.25) is 4.98 Å². The molecule has 2 rings (SSSR count). The van der Waals surface area contributed by atoms with Crippen LogP contribution in [0.25, 0.3) is 0 Å². The first kappa shape index (κ1) is 8.74. The van der Waals surface area contributed by atoms with Crippen LogP contribution in [0.15, 0.2) is 24.5 Å². The van der Waals surface area contributed by atoms with Crippen LogP contribution in [-0.4, -0.2) is 4.98 Å². The Balaban J connectivity index is 2.32. The first-order valence-electron chi connectivity index (χ1n) is 5.16. The van der Waals surface area contributed by atoms with Crippen molar-refractivity contribution in [1.82, 2.24) is 4.98 Å². The lowest BCUT2D eigenvalue weighted by Crippen LogP contribution is -2.39. The summed E-state index contributed by atoms with van der Waals surface area (Å²) in [7, 11) is 0. The average Bonchev–Trinajstić information content (AvgIpc) is 2.03. The highest BCUT2D eigenvalue weighted by atomic mass is 14.6. The Morgan fingerprint density at radius 3 is 2.23 bits per heavy atom. The van der Waals surface area contributed by atoms with Crippen LogP contribution in [0.1, 0.15) is 38.7 Å². The molecule has 0 aliphatic heterocycles. The monoisotopic (exact) mass is 175 g/mol. The summed E-state index contributed by atoms with van der Waals surface area (Å²) in [4.78, 5) is 4.08. The van der Waals surface area contributed by atoms with Gasteiger partial charge in [0.05, 0.1) is 0 Å². The van der Waals surface area contributed by atoms with Crippen molar-refractivity contribution in [2.45, 2.75) is 38.5 Å². The van der Waals surface area contributed by atoms with E-state index in [0.717, 1.165) is 5.92 Å². The van der Waals surface area contributed by atoms with E-state index in [1.54, 1.807) is 0 Å². The van der Waals surface area contributed by atoms with E-state index in [1.807, 2.05) is 12.4 Å². The molecule has 0 amide bonds. The number of pyridine rings is 1. The fourth-order valence-electron chi connectivity index (χ4n) is 2.44. The summed E-state index contributed by atoms with van der Waals surface area (Å²) in [6, 6.07) is 4.36. The molecule has 1 heteroatoms. The molecule has 1 aliphatic rings. The maximum Gasteiger partial charge on any atom is 0.0270 e. The van der Waals surface area contributed by atoms with Crippen molar-refractivity contribution < 1.29 is 0 Å². The minimum atomic E-state index is 0.475. The van der Waals surface area contributed by atoms with Crippen LogP contribution in [0, 0.1) is 5.92 Å². The quantitative estimate of drug-likeness (QED) is 0.672. The van der Waals surface area contributed by atoms with Gasteiger partial charge in [0.15, 0.2) is 0 Å². The van der Waals surface area contributed by atoms with E-state index in [9.17, 15) is 0 Å². The Labute approximate surface area is 80.2 Å². The average molecular weight is 175 g/mol. The van der Waals surface area contributed by atoms with Crippen molar-refractivity contribution >= 4 is 0 Å². The van der Waals surface area contributed by atoms with E-state index in [-0.39, 0.29) is 0 Å². The summed E-state index contributed by atoms with van der Waals surface area (Å²) >= 11 is 0. The third-order valence-corrected chi connectivity index (χ3v) is 3.61. The minimum Gasteiger partial charge on any atom is -0.265 e. The molecule has 1 nitrogen and oxygen atoms in total. The predicted octanol–water partition coefficient (Wildman–Crippen LogP) is 3.16. The van der Waals surface area contributed by atoms with Crippen molar-refractivity contribution in [3.05, 3.63) is 30.1 Å². The Hall–Kier alpha value is -0.850. The minimum absolute atomic E-state index is 0.475. The summed E-state index contributed by atoms with van der Waals surface area (Å²) in [6.45, 7) is 4.67. The normalized spacial score (nSPS) is 19.9. The van der Waals surface area contributed by atoms with Gasteiger partial charge >= 0.3 is 0 Å². The first-order valence-corrected chi connectivity index (χ1v) is 5.16. The van der Waals surface area contributed by atoms with E-state index in [0.29, 0.717) is 5.41 Å². The zero-order valence-electron chi connectivity index (χ0n) is 8.46. The van der Waals surface area contributed by atoms with Gasteiger partial charge in [0.1, 0.15) is 0 Å². The van der Waals surface area contributed by atoms with E-state index >= 15 is 0 Å². The van der Waals surface area contributed by atoms with Gasteiger partial charge in [-0.05, 0) is 41.9 Å². The molecule has 1 heterocycles. The van der Waals surface area contributed by atoms with Crippen molar-refractivity contribution in [1.29, 1.82) is 0 Å². The second-order valence-corrected chi connectivity index (χ2v) is 4.40. The molecule has 0 spiro atoms. The van der Waals surface area contributed by atoms with Gasteiger partial charge in [0.2, 0.25) is 0 Å². The van der Waals surface area contributed by atoms with Crippen LogP contribution in [0.5, 0.6) is 0 Å². The molecule has 70 valence electrons. The van der Waals surface area contributed by atoms with Gasteiger partial charge in [-0.15, -0.1) is 0 Å². The Morgan fingerprint density at radius 2 is 1.85 bits per heavy atom. The van der Waals surface area contributed by atoms with Gasteiger partial charge in [-0.2, -0.15) is 0 Å². The lowest BCUT2D eigenvalue weighted by atomic mass is 9.59. The molecule has 0 atom stereocenters. The maximum atomic E-state index is 4.08. The summed E-state index contributed by atoms with van der Waals surface area (Å²) in [5, 5.41) is 0. The van der Waals surface area contributed by atoms with E-state index in [1.165, 1.54) is 24.8 Å². The van der Waals surface area contributed by atoms with Crippen LogP contribution in [0.2, 0.25) is 0 Å². The highest BCUT2D eigenvalue weighted by Crippen LogP contribution is 2.48. The fourth-order valence-corrected chi connectivity index (χ4v) is 2.44. The maximum absolute atomic E-state index is 4.08. The Bertz CT molecular complexity index is 272. The Kier molecular flexibility index (Phi) is 2.10. The van der Waals surface area contributed by atoms with E-state index < -0.39 is 0 Å². The van der Waals surface area contributed by atoms with Crippen molar-refractivity contribution in [3.63, 3.8) is 0 Å². The molecule has 1 aromatic rings. The number of hydrogen-bond acceptors (Lipinski definition) is 1. The van der Waals surface area contributed by atoms with Gasteiger partial charge in [0.25, 0.3) is 0 Å². The van der Waals surface area contributed by atoms with Gasteiger partial charge in [-0.1, -0.05) is 20.3 Å². The molecular formula is C12H17N. The summed E-state index contributed by atoms with van der Waals surface area (Å²) in [6.07, 6.45) is 7.93. The largest absolute Gasteiger partial charge is 0.265 e. The fraction of sp³-hybridized carbons (Fsp3) is 0.583. The lowest BCUT2D eigenvalue weighted by molar-refractivity contribution is 0.169. The second kappa shape index (κ2) is 3.13. The molecule has 1 fully saturated rings. The Morgan fingerprint density at radius 1 is 1.23 bits per heavy atom. The van der Waals surface area contributed by atoms with Gasteiger partial charge < -0.3 is 0 Å². The number of hydrogen-bond donors (Lipinski definition) is 0. The van der Waals surface area contributed by atoms with Crippen LogP contribution < -0.4 is 0 Å². The van der Waals surface area contributed by atoms with Crippen LogP contribution >= 0.6 is 0 Å². The standard InChI is InChI=1S/C12H17N/c1-10(2)12(6-3-7-12)11-4-8-13-9-5-11/h4-5,8-10H,3,6-7H2,1-2H3. The van der Waals surface area contributed by atoms with Crippen LogP contribution in [-0.2, 0) is 5.41 Å². The molecule has 0 unspecified atom stereocenters. The number of nitrogens with zero attached hydrogens (tertiary/aromatic N) is 1. The SMILES string of the molecule is CC(C)C1(c2ccncc2)CCC1. The number of aromatic nitrogens is 1. The summed E-state index contributed by atoms with van der Waals surface area (Å²) < 4.78 is 0. The van der Waals surface area contributed by atoms with Crippen LogP contribution in [0.3, 0.4) is 0 Å². The highest BCUT2D eigenvalue weighted by molar-refractivity contribution is 5.26. The topological polar surface area (TPSA) is 12.9 Å². The van der Waals surface area contributed by atoms with Crippen molar-refractivity contribution in [3.8, 4) is 0 Å². The molecule has 13 heavy (non-hydrogen) atoms. The van der Waals surface area contributed by atoms with E-state index in [4.69, 9.17) is 0 Å². The third-order valence-electron chi connectivity index (χ3n) is 3.61. The summed E-state index contributed by atoms with van der Waals surface area (Å²) in [5.41, 5.74) is 1.96. The molecule has 0 aromatic carbocycles. The predicted molar refractivity (Wildman–Crippen MR) is 54.6 cm³/mol. The third kappa shape index (κ3) is 1.27. The zero-order valence-corrected chi connectivity index (χ0v) is 8.46. The molecule has 0 saturated heterocycles. The molecule has 0 N–H and O–H groups in total. The molecular weight excluding hydrogens is 158 g/mol. The molecule has 1 aliphatic carbocycles. The van der Waals surface area contributed by atoms with Crippen molar-refractivity contribution in [2.75, 3.05) is 0 Å². The molecule has 0 bridgehead atoms. The number of rotatable bonds is 2. The zero-order chi connectivity index (χ0) is 9.31.